The van der Waals surface area contributed by atoms with Gasteiger partial charge in [0.2, 0.25) is 0 Å². The first kappa shape index (κ1) is 14.7. The van der Waals surface area contributed by atoms with Crippen LogP contribution in [0.25, 0.3) is 5.69 Å². The van der Waals surface area contributed by atoms with Crippen molar-refractivity contribution in [2.75, 3.05) is 6.61 Å². The summed E-state index contributed by atoms with van der Waals surface area (Å²) < 4.78 is 7.34. The molecular weight excluding hydrogens is 342 g/mol. The maximum absolute atomic E-state index is 11.6. The molecule has 0 aliphatic rings. The van der Waals surface area contributed by atoms with Gasteiger partial charge < -0.3 is 10.5 Å². The molecule has 0 bridgehead atoms. The van der Waals surface area contributed by atoms with Gasteiger partial charge in [-0.3, -0.25) is 0 Å². The highest BCUT2D eigenvalue weighted by Gasteiger charge is 2.13. The summed E-state index contributed by atoms with van der Waals surface area (Å²) in [4.78, 5) is 11.9. The topological polar surface area (TPSA) is 70.1 Å². The lowest BCUT2D eigenvalue weighted by atomic mass is 10.2. The van der Waals surface area contributed by atoms with Gasteiger partial charge in [-0.15, -0.1) is 0 Å². The van der Waals surface area contributed by atoms with Crippen molar-refractivity contribution in [1.82, 2.24) is 9.78 Å². The van der Waals surface area contributed by atoms with Gasteiger partial charge in [-0.2, -0.15) is 5.10 Å². The molecule has 20 heavy (non-hydrogen) atoms. The zero-order valence-corrected chi connectivity index (χ0v) is 13.1. The van der Waals surface area contributed by atoms with Crippen molar-refractivity contribution in [3.05, 3.63) is 46.2 Å². The Bertz CT molecular complexity index is 669. The predicted molar refractivity (Wildman–Crippen MR) is 83.1 cm³/mol. The summed E-state index contributed by atoms with van der Waals surface area (Å²) in [5.41, 5.74) is 7.45. The van der Waals surface area contributed by atoms with Crippen molar-refractivity contribution in [3.8, 4) is 5.69 Å². The molecular formula is C13H12BrN3O2S. The van der Waals surface area contributed by atoms with Gasteiger partial charge in [0.25, 0.3) is 0 Å². The molecule has 2 N–H and O–H groups in total. The monoisotopic (exact) mass is 353 g/mol. The fourth-order valence-electron chi connectivity index (χ4n) is 1.68. The highest BCUT2D eigenvalue weighted by molar-refractivity contribution is 9.10. The van der Waals surface area contributed by atoms with Crippen LogP contribution in [0.5, 0.6) is 0 Å². The van der Waals surface area contributed by atoms with E-state index in [-0.39, 0.29) is 4.99 Å². The fraction of sp³-hybridized carbons (Fsp3) is 0.154. The normalized spacial score (nSPS) is 10.3. The predicted octanol–water partition coefficient (Wildman–Crippen LogP) is 2.45. The van der Waals surface area contributed by atoms with Crippen LogP contribution in [0.2, 0.25) is 0 Å². The minimum absolute atomic E-state index is 0.265. The van der Waals surface area contributed by atoms with Crippen LogP contribution in [0.1, 0.15) is 22.8 Å². The van der Waals surface area contributed by atoms with Crippen LogP contribution in [-0.4, -0.2) is 27.3 Å². The molecule has 1 heterocycles. The number of halogens is 1. The molecule has 1 aromatic heterocycles. The zero-order valence-electron chi connectivity index (χ0n) is 10.7. The number of hydrogen-bond acceptors (Lipinski definition) is 4. The van der Waals surface area contributed by atoms with Crippen molar-refractivity contribution >= 4 is 39.1 Å². The summed E-state index contributed by atoms with van der Waals surface area (Å²) in [5.74, 6) is -0.411. The summed E-state index contributed by atoms with van der Waals surface area (Å²) in [7, 11) is 0. The van der Waals surface area contributed by atoms with E-state index in [1.807, 2.05) is 12.1 Å². The van der Waals surface area contributed by atoms with Gasteiger partial charge in [0.15, 0.2) is 0 Å². The van der Waals surface area contributed by atoms with Crippen LogP contribution in [-0.2, 0) is 4.74 Å². The zero-order chi connectivity index (χ0) is 14.7. The van der Waals surface area contributed by atoms with Crippen LogP contribution in [0.3, 0.4) is 0 Å². The lowest BCUT2D eigenvalue weighted by Gasteiger charge is -2.08. The van der Waals surface area contributed by atoms with Gasteiger partial charge in [0, 0.05) is 16.2 Å². The first-order valence-corrected chi connectivity index (χ1v) is 7.04. The van der Waals surface area contributed by atoms with Gasteiger partial charge in [0.1, 0.15) is 4.99 Å². The summed E-state index contributed by atoms with van der Waals surface area (Å²) in [6.07, 6.45) is 3.03. The lowest BCUT2D eigenvalue weighted by molar-refractivity contribution is 0.0526. The molecule has 0 radical (unpaired) electrons. The van der Waals surface area contributed by atoms with E-state index >= 15 is 0 Å². The SMILES string of the molecule is CCOC(=O)c1cnn(-c2cc(Br)ccc2C(N)=S)c1. The minimum atomic E-state index is -0.411. The molecule has 2 aromatic rings. The van der Waals surface area contributed by atoms with Crippen molar-refractivity contribution in [2.45, 2.75) is 6.92 Å². The molecule has 7 heteroatoms. The Hall–Kier alpha value is -1.73. The summed E-state index contributed by atoms with van der Waals surface area (Å²) in [6, 6.07) is 5.47. The van der Waals surface area contributed by atoms with E-state index in [2.05, 4.69) is 21.0 Å². The quantitative estimate of drug-likeness (QED) is 0.675. The Morgan fingerprint density at radius 2 is 2.30 bits per heavy atom. The maximum atomic E-state index is 11.6. The van der Waals surface area contributed by atoms with Crippen LogP contribution < -0.4 is 5.73 Å². The van der Waals surface area contributed by atoms with Gasteiger partial charge in [-0.05, 0) is 25.1 Å². The molecule has 0 aliphatic carbocycles. The average Bonchev–Trinajstić information content (AvgIpc) is 2.88. The van der Waals surface area contributed by atoms with Crippen LogP contribution >= 0.6 is 28.1 Å². The van der Waals surface area contributed by atoms with Gasteiger partial charge in [0.05, 0.1) is 24.1 Å². The molecule has 2 rings (SSSR count). The highest BCUT2D eigenvalue weighted by atomic mass is 79.9. The number of nitrogens with zero attached hydrogens (tertiary/aromatic N) is 2. The fourth-order valence-corrected chi connectivity index (χ4v) is 2.20. The maximum Gasteiger partial charge on any atom is 0.341 e. The molecule has 0 saturated carbocycles. The van der Waals surface area contributed by atoms with Crippen LogP contribution in [0.15, 0.2) is 35.1 Å². The number of aromatic nitrogens is 2. The van der Waals surface area contributed by atoms with Crippen molar-refractivity contribution in [3.63, 3.8) is 0 Å². The van der Waals surface area contributed by atoms with Crippen LogP contribution in [0.4, 0.5) is 0 Å². The van der Waals surface area contributed by atoms with E-state index in [4.69, 9.17) is 22.7 Å². The Kier molecular flexibility index (Phi) is 4.51. The van der Waals surface area contributed by atoms with E-state index in [0.29, 0.717) is 23.4 Å². The van der Waals surface area contributed by atoms with E-state index in [1.165, 1.54) is 6.20 Å². The average molecular weight is 354 g/mol. The third kappa shape index (κ3) is 3.05. The molecule has 0 fully saturated rings. The van der Waals surface area contributed by atoms with E-state index < -0.39 is 5.97 Å². The van der Waals surface area contributed by atoms with Crippen molar-refractivity contribution in [1.29, 1.82) is 0 Å². The number of benzene rings is 1. The lowest BCUT2D eigenvalue weighted by Crippen LogP contribution is -2.13. The number of carbonyl (C=O) groups is 1. The molecule has 0 spiro atoms. The highest BCUT2D eigenvalue weighted by Crippen LogP contribution is 2.20. The first-order valence-electron chi connectivity index (χ1n) is 5.84. The molecule has 0 unspecified atom stereocenters. The minimum Gasteiger partial charge on any atom is -0.462 e. The van der Waals surface area contributed by atoms with Gasteiger partial charge >= 0.3 is 5.97 Å². The Morgan fingerprint density at radius 1 is 1.55 bits per heavy atom. The molecule has 5 nitrogen and oxygen atoms in total. The van der Waals surface area contributed by atoms with E-state index in [9.17, 15) is 4.79 Å². The Balaban J connectivity index is 2.44. The third-order valence-corrected chi connectivity index (χ3v) is 3.28. The number of thiocarbonyl (C=S) groups is 1. The second-order valence-corrected chi connectivity index (χ2v) is 5.28. The number of esters is 1. The largest absolute Gasteiger partial charge is 0.462 e. The molecule has 1 aromatic carbocycles. The number of hydrogen-bond donors (Lipinski definition) is 1. The summed E-state index contributed by atoms with van der Waals surface area (Å²) >= 11 is 8.41. The third-order valence-electron chi connectivity index (χ3n) is 2.57. The number of ether oxygens (including phenoxy) is 1. The smallest absolute Gasteiger partial charge is 0.341 e. The number of rotatable bonds is 4. The van der Waals surface area contributed by atoms with E-state index in [0.717, 1.165) is 4.47 Å². The molecule has 0 aliphatic heterocycles. The second-order valence-electron chi connectivity index (χ2n) is 3.92. The van der Waals surface area contributed by atoms with E-state index in [1.54, 1.807) is 23.9 Å². The Labute approximate surface area is 129 Å². The molecule has 104 valence electrons. The number of nitrogens with two attached hydrogens (primary N) is 1. The number of carbonyl (C=O) groups excluding carboxylic acids is 1. The molecule has 0 amide bonds. The second kappa shape index (κ2) is 6.15. The van der Waals surface area contributed by atoms with Gasteiger partial charge in [-0.25, -0.2) is 9.48 Å². The van der Waals surface area contributed by atoms with Crippen molar-refractivity contribution in [2.24, 2.45) is 5.73 Å². The first-order chi connectivity index (χ1) is 9.52. The van der Waals surface area contributed by atoms with Crippen LogP contribution in [0, 0.1) is 0 Å². The van der Waals surface area contributed by atoms with Crippen molar-refractivity contribution < 1.29 is 9.53 Å². The molecule has 0 saturated heterocycles. The molecule has 0 atom stereocenters. The van der Waals surface area contributed by atoms with Gasteiger partial charge in [-0.1, -0.05) is 28.1 Å². The summed E-state index contributed by atoms with van der Waals surface area (Å²) in [6.45, 7) is 2.07. The Morgan fingerprint density at radius 3 is 2.95 bits per heavy atom. The summed E-state index contributed by atoms with van der Waals surface area (Å²) in [5, 5.41) is 4.15. The standard InChI is InChI=1S/C13H12BrN3O2S/c1-2-19-13(18)8-6-16-17(7-8)11-5-9(14)3-4-10(11)12(15)20/h3-7H,2H2,1H3,(H2,15,20).